The second-order valence-electron chi connectivity index (χ2n) is 23.0. The number of hydrogen-bond acceptors (Lipinski definition) is 4. The second kappa shape index (κ2) is 18.8. The molecule has 0 fully saturated rings. The lowest BCUT2D eigenvalue weighted by atomic mass is 9.83. The molecular weight excluding hydrogens is 973 g/mol. The van der Waals surface area contributed by atoms with Crippen molar-refractivity contribution in [3.05, 3.63) is 239 Å². The first kappa shape index (κ1) is 49.2. The quantitative estimate of drug-likeness (QED) is 0.128. The number of rotatable bonds is 10. The van der Waals surface area contributed by atoms with E-state index >= 15 is 0 Å². The molecule has 4 nitrogen and oxygen atoms in total. The van der Waals surface area contributed by atoms with E-state index in [1.807, 2.05) is 0 Å². The molecule has 0 amide bonds. The van der Waals surface area contributed by atoms with E-state index in [4.69, 9.17) is 8.83 Å². The van der Waals surface area contributed by atoms with E-state index in [1.54, 1.807) is 0 Å². The Morgan fingerprint density at radius 3 is 0.963 bits per heavy atom. The van der Waals surface area contributed by atoms with Crippen LogP contribution in [0.4, 0.5) is 34.1 Å². The highest BCUT2D eigenvalue weighted by Gasteiger charge is 2.31. The molecule has 0 N–H and O–H groups in total. The molecule has 0 unspecified atom stereocenters. The number of furan rings is 2. The topological polar surface area (TPSA) is 32.8 Å². The van der Waals surface area contributed by atoms with Crippen molar-refractivity contribution >= 4 is 110 Å². The van der Waals surface area contributed by atoms with Crippen LogP contribution in [0.5, 0.6) is 0 Å². The Balaban J connectivity index is 1.09. The van der Waals surface area contributed by atoms with Gasteiger partial charge < -0.3 is 18.6 Å². The summed E-state index contributed by atoms with van der Waals surface area (Å²) in [5.41, 5.74) is 24.4. The second-order valence-corrected chi connectivity index (χ2v) is 23.0. The minimum absolute atomic E-state index is 0.210. The van der Waals surface area contributed by atoms with Gasteiger partial charge in [-0.2, -0.15) is 0 Å². The van der Waals surface area contributed by atoms with Crippen LogP contribution in [0.15, 0.2) is 203 Å². The van der Waals surface area contributed by atoms with E-state index in [2.05, 4.69) is 273 Å². The highest BCUT2D eigenvalue weighted by atomic mass is 16.3. The fraction of sp³-hybridized carbons (Fsp3) is 0.158. The van der Waals surface area contributed by atoms with Crippen LogP contribution in [-0.4, -0.2) is 0 Å². The van der Waals surface area contributed by atoms with Crippen LogP contribution in [0.25, 0.3) is 98.4 Å². The molecule has 14 rings (SSSR count). The van der Waals surface area contributed by atoms with Crippen LogP contribution in [0.1, 0.15) is 84.0 Å². The minimum atomic E-state index is 0.210. The molecule has 0 atom stereocenters. The predicted molar refractivity (Wildman–Crippen MR) is 342 cm³/mol. The SMILES string of the molecule is Cc1ccccc1-c1cccc2c1oc1c(N(c3c(C)cccc3C)c3cc(C(C)C)c4ccc5c(N(c6c(C)cccc6C)c6cccc7c6oc6c(-c8ccccc8C)cccc67)cc(C(C)C)c6ccc3c4c65)cccc12. The molecule has 0 spiro atoms. The highest BCUT2D eigenvalue weighted by Crippen LogP contribution is 2.55. The first-order valence-electron chi connectivity index (χ1n) is 28.4. The Morgan fingerprint density at radius 2 is 0.588 bits per heavy atom. The number of benzene rings is 12. The molecule has 0 aliphatic rings. The summed E-state index contributed by atoms with van der Waals surface area (Å²) in [6.07, 6.45) is 0. The van der Waals surface area contributed by atoms with Gasteiger partial charge in [0.25, 0.3) is 0 Å². The Hall–Kier alpha value is -9.12. The van der Waals surface area contributed by atoms with Gasteiger partial charge in [-0.1, -0.05) is 198 Å². The van der Waals surface area contributed by atoms with Gasteiger partial charge in [0.05, 0.1) is 34.1 Å². The first-order valence-corrected chi connectivity index (χ1v) is 28.4. The van der Waals surface area contributed by atoms with E-state index in [1.165, 1.54) is 88.0 Å². The van der Waals surface area contributed by atoms with Crippen LogP contribution < -0.4 is 9.80 Å². The summed E-state index contributed by atoms with van der Waals surface area (Å²) < 4.78 is 14.7. The maximum absolute atomic E-state index is 7.35. The zero-order valence-corrected chi connectivity index (χ0v) is 47.3. The number of anilines is 6. The monoisotopic (exact) mass is 1040 g/mol. The molecular formula is C76H64N2O2. The van der Waals surface area contributed by atoms with Crippen molar-refractivity contribution in [1.82, 2.24) is 0 Å². The van der Waals surface area contributed by atoms with Gasteiger partial charge in [0, 0.05) is 43.4 Å². The highest BCUT2D eigenvalue weighted by molar-refractivity contribution is 6.30. The number of aryl methyl sites for hydroxylation is 6. The average molecular weight is 1040 g/mol. The Labute approximate surface area is 468 Å². The third-order valence-corrected chi connectivity index (χ3v) is 17.3. The van der Waals surface area contributed by atoms with Crippen LogP contribution in [0, 0.1) is 41.5 Å². The molecule has 0 aliphatic heterocycles. The molecule has 2 aromatic heterocycles. The molecule has 390 valence electrons. The van der Waals surface area contributed by atoms with Crippen molar-refractivity contribution in [1.29, 1.82) is 0 Å². The Bertz CT molecular complexity index is 4470. The molecule has 0 bridgehead atoms. The molecule has 14 aromatic rings. The van der Waals surface area contributed by atoms with Gasteiger partial charge in [-0.3, -0.25) is 0 Å². The minimum Gasteiger partial charge on any atom is -0.453 e. The van der Waals surface area contributed by atoms with E-state index < -0.39 is 0 Å². The number of hydrogen-bond donors (Lipinski definition) is 0. The number of nitrogens with zero attached hydrogens (tertiary/aromatic N) is 2. The van der Waals surface area contributed by atoms with Gasteiger partial charge in [0.1, 0.15) is 11.2 Å². The molecule has 0 saturated heterocycles. The summed E-state index contributed by atoms with van der Waals surface area (Å²) in [6.45, 7) is 22.7. The van der Waals surface area contributed by atoms with Crippen LogP contribution >= 0.6 is 0 Å². The summed E-state index contributed by atoms with van der Waals surface area (Å²) in [6, 6.07) is 71.8. The fourth-order valence-electron chi connectivity index (χ4n) is 13.5. The lowest BCUT2D eigenvalue weighted by Crippen LogP contribution is -2.15. The van der Waals surface area contributed by atoms with E-state index in [0.717, 1.165) is 89.1 Å². The lowest BCUT2D eigenvalue weighted by molar-refractivity contribution is 0.669. The first-order chi connectivity index (χ1) is 38.9. The van der Waals surface area contributed by atoms with Crippen LogP contribution in [0.2, 0.25) is 0 Å². The smallest absolute Gasteiger partial charge is 0.159 e. The van der Waals surface area contributed by atoms with E-state index in [9.17, 15) is 0 Å². The average Bonchev–Trinajstić information content (AvgIpc) is 3.80. The number of fused-ring (bicyclic) bond motifs is 6. The van der Waals surface area contributed by atoms with Crippen molar-refractivity contribution in [2.45, 2.75) is 81.1 Å². The normalized spacial score (nSPS) is 12.1. The Morgan fingerprint density at radius 1 is 0.275 bits per heavy atom. The molecule has 2 heterocycles. The van der Waals surface area contributed by atoms with Crippen molar-refractivity contribution in [3.63, 3.8) is 0 Å². The van der Waals surface area contributed by atoms with Gasteiger partial charge in [-0.25, -0.2) is 0 Å². The van der Waals surface area contributed by atoms with Gasteiger partial charge in [0.15, 0.2) is 11.2 Å². The molecule has 12 aromatic carbocycles. The standard InChI is InChI=1S/C76H64N2O2/c1-43(2)63-41-67(77(71-47(7)23-15-24-48(71)8)65-35-19-33-59-57-31-17-29-55(73(57)79-75(59)65)51-27-13-11-21-45(51)5)61-40-38-54-64(44(3)4)42-68(62-39-37-53(63)69(61)70(54)62)78(72-49(9)25-16-26-50(72)10)66-36-20-34-60-58-32-18-30-56(74(58)80-76(60)66)52-28-14-12-22-46(52)6/h11-44H,1-10H3. The summed E-state index contributed by atoms with van der Waals surface area (Å²) in [4.78, 5) is 5.06. The van der Waals surface area contributed by atoms with Crippen molar-refractivity contribution in [2.75, 3.05) is 9.80 Å². The fourth-order valence-corrected chi connectivity index (χ4v) is 13.5. The van der Waals surface area contributed by atoms with Crippen molar-refractivity contribution in [2.24, 2.45) is 0 Å². The van der Waals surface area contributed by atoms with Gasteiger partial charge in [-0.15, -0.1) is 0 Å². The maximum Gasteiger partial charge on any atom is 0.159 e. The summed E-state index contributed by atoms with van der Waals surface area (Å²) in [7, 11) is 0. The third-order valence-electron chi connectivity index (χ3n) is 17.3. The van der Waals surface area contributed by atoms with Crippen LogP contribution in [-0.2, 0) is 0 Å². The van der Waals surface area contributed by atoms with E-state index in [-0.39, 0.29) is 11.8 Å². The molecule has 0 radical (unpaired) electrons. The molecule has 4 heteroatoms. The summed E-state index contributed by atoms with van der Waals surface area (Å²) in [5, 5.41) is 11.9. The predicted octanol–water partition coefficient (Wildman–Crippen LogP) is 22.8. The van der Waals surface area contributed by atoms with Crippen molar-refractivity contribution < 1.29 is 8.83 Å². The molecule has 80 heavy (non-hydrogen) atoms. The van der Waals surface area contributed by atoms with Gasteiger partial charge >= 0.3 is 0 Å². The lowest BCUT2D eigenvalue weighted by Gasteiger charge is -2.33. The van der Waals surface area contributed by atoms with Gasteiger partial charge in [-0.05, 0) is 155 Å². The zero-order valence-electron chi connectivity index (χ0n) is 47.3. The van der Waals surface area contributed by atoms with E-state index in [0.29, 0.717) is 0 Å². The summed E-state index contributed by atoms with van der Waals surface area (Å²) >= 11 is 0. The van der Waals surface area contributed by atoms with Crippen LogP contribution in [0.3, 0.4) is 0 Å². The molecule has 0 saturated carbocycles. The number of para-hydroxylation sites is 6. The third kappa shape index (κ3) is 7.42. The largest absolute Gasteiger partial charge is 0.453 e. The van der Waals surface area contributed by atoms with Gasteiger partial charge in [0.2, 0.25) is 0 Å². The van der Waals surface area contributed by atoms with Crippen molar-refractivity contribution in [3.8, 4) is 22.3 Å². The summed E-state index contributed by atoms with van der Waals surface area (Å²) in [5.74, 6) is 0.421. The molecule has 0 aliphatic carbocycles. The zero-order chi connectivity index (χ0) is 54.8. The maximum atomic E-state index is 7.35. The Kier molecular flexibility index (Phi) is 11.5.